The fourth-order valence-electron chi connectivity index (χ4n) is 1.39. The van der Waals surface area contributed by atoms with E-state index in [1.165, 1.54) is 12.0 Å². The number of hydrogen-bond acceptors (Lipinski definition) is 2. The molecule has 0 radical (unpaired) electrons. The van der Waals surface area contributed by atoms with Crippen molar-refractivity contribution < 1.29 is 9.31 Å². The Morgan fingerprint density at radius 1 is 1.25 bits per heavy atom. The first-order valence-electron chi connectivity index (χ1n) is 4.28. The Kier molecular flexibility index (Phi) is 1.94. The fourth-order valence-corrected chi connectivity index (χ4v) is 1.39. The van der Waals surface area contributed by atoms with Crippen molar-refractivity contribution in [2.45, 2.75) is 19.8 Å². The first-order valence-corrected chi connectivity index (χ1v) is 4.28. The van der Waals surface area contributed by atoms with Gasteiger partial charge in [0.05, 0.1) is 0 Å². The number of benzene rings is 1. The molecule has 0 saturated heterocycles. The van der Waals surface area contributed by atoms with E-state index in [9.17, 15) is 0 Å². The second kappa shape index (κ2) is 3.09. The van der Waals surface area contributed by atoms with Crippen LogP contribution in [0.1, 0.15) is 18.9 Å². The predicted molar refractivity (Wildman–Crippen MR) is 48.8 cm³/mol. The van der Waals surface area contributed by atoms with E-state index in [2.05, 4.69) is 19.1 Å². The molecular weight excluding hydrogens is 151 g/mol. The average molecular weight is 162 g/mol. The standard InChI is InChI=1S/C9H11BO2/c1-2-3-7-4-5-8-9(6-7)12-10-11-8/h4-6,10H,2-3H2,1H3. The molecule has 0 aliphatic carbocycles. The first kappa shape index (κ1) is 7.53. The molecule has 1 aliphatic heterocycles. The number of fused-ring (bicyclic) bond motifs is 1. The summed E-state index contributed by atoms with van der Waals surface area (Å²) in [5.41, 5.74) is 1.32. The van der Waals surface area contributed by atoms with Crippen molar-refractivity contribution in [3.05, 3.63) is 23.8 Å². The van der Waals surface area contributed by atoms with Crippen LogP contribution in [0.3, 0.4) is 0 Å². The lowest BCUT2D eigenvalue weighted by Crippen LogP contribution is -1.99. The lowest BCUT2D eigenvalue weighted by molar-refractivity contribution is 0.541. The topological polar surface area (TPSA) is 18.5 Å². The number of hydrogen-bond donors (Lipinski definition) is 0. The van der Waals surface area contributed by atoms with Crippen molar-refractivity contribution in [2.24, 2.45) is 0 Å². The van der Waals surface area contributed by atoms with Crippen LogP contribution in [0.25, 0.3) is 0 Å². The highest BCUT2D eigenvalue weighted by Crippen LogP contribution is 2.31. The van der Waals surface area contributed by atoms with E-state index < -0.39 is 0 Å². The molecule has 0 fully saturated rings. The van der Waals surface area contributed by atoms with Gasteiger partial charge in [0.15, 0.2) is 0 Å². The monoisotopic (exact) mass is 162 g/mol. The summed E-state index contributed by atoms with van der Waals surface area (Å²) in [5, 5.41) is 0. The SMILES string of the molecule is CCCc1ccc2c(c1)OBO2. The maximum Gasteiger partial charge on any atom is 0.576 e. The molecule has 1 aromatic carbocycles. The van der Waals surface area contributed by atoms with Crippen LogP contribution in [0.15, 0.2) is 18.2 Å². The Morgan fingerprint density at radius 2 is 2.08 bits per heavy atom. The first-order chi connectivity index (χ1) is 5.90. The van der Waals surface area contributed by atoms with Crippen LogP contribution < -0.4 is 9.31 Å². The molecule has 0 aromatic heterocycles. The van der Waals surface area contributed by atoms with Crippen LogP contribution in [0, 0.1) is 0 Å². The van der Waals surface area contributed by atoms with E-state index in [1.54, 1.807) is 0 Å². The highest BCUT2D eigenvalue weighted by molar-refractivity contribution is 6.22. The Labute approximate surface area is 72.8 Å². The molecule has 62 valence electrons. The molecule has 1 heterocycles. The van der Waals surface area contributed by atoms with E-state index in [0.717, 1.165) is 17.9 Å². The third-order valence-corrected chi connectivity index (χ3v) is 1.98. The van der Waals surface area contributed by atoms with Crippen molar-refractivity contribution in [3.8, 4) is 11.5 Å². The van der Waals surface area contributed by atoms with Crippen molar-refractivity contribution >= 4 is 7.69 Å². The smallest absolute Gasteiger partial charge is 0.526 e. The van der Waals surface area contributed by atoms with Crippen molar-refractivity contribution in [2.75, 3.05) is 0 Å². The summed E-state index contributed by atoms with van der Waals surface area (Å²) in [4.78, 5) is 0. The molecule has 0 N–H and O–H groups in total. The van der Waals surface area contributed by atoms with Gasteiger partial charge in [0.2, 0.25) is 0 Å². The minimum Gasteiger partial charge on any atom is -0.526 e. The molecule has 0 atom stereocenters. The quantitative estimate of drug-likeness (QED) is 0.615. The Bertz CT molecular complexity index is 286. The largest absolute Gasteiger partial charge is 0.576 e. The molecule has 0 bridgehead atoms. The van der Waals surface area contributed by atoms with Crippen molar-refractivity contribution in [1.29, 1.82) is 0 Å². The van der Waals surface area contributed by atoms with Crippen LogP contribution in [0.5, 0.6) is 11.5 Å². The second-order valence-corrected chi connectivity index (χ2v) is 2.94. The zero-order valence-corrected chi connectivity index (χ0v) is 7.17. The Balaban J connectivity index is 2.26. The molecule has 2 rings (SSSR count). The van der Waals surface area contributed by atoms with Crippen LogP contribution in [0.4, 0.5) is 0 Å². The summed E-state index contributed by atoms with van der Waals surface area (Å²) in [7, 11) is 0.366. The van der Waals surface area contributed by atoms with Gasteiger partial charge in [-0.25, -0.2) is 0 Å². The molecule has 12 heavy (non-hydrogen) atoms. The van der Waals surface area contributed by atoms with Gasteiger partial charge in [-0.05, 0) is 24.1 Å². The van der Waals surface area contributed by atoms with Crippen molar-refractivity contribution in [3.63, 3.8) is 0 Å². The van der Waals surface area contributed by atoms with Gasteiger partial charge in [-0.15, -0.1) is 0 Å². The average Bonchev–Trinajstić information content (AvgIpc) is 2.51. The van der Waals surface area contributed by atoms with Crippen LogP contribution >= 0.6 is 0 Å². The highest BCUT2D eigenvalue weighted by atomic mass is 16.6. The molecule has 2 nitrogen and oxygen atoms in total. The van der Waals surface area contributed by atoms with Crippen molar-refractivity contribution in [1.82, 2.24) is 0 Å². The summed E-state index contributed by atoms with van der Waals surface area (Å²) < 4.78 is 10.5. The third kappa shape index (κ3) is 1.27. The normalized spacial score (nSPS) is 12.8. The maximum absolute atomic E-state index is 5.26. The van der Waals surface area contributed by atoms with Crippen LogP contribution in [-0.4, -0.2) is 7.69 Å². The minimum atomic E-state index is 0.366. The van der Waals surface area contributed by atoms with E-state index in [1.807, 2.05) is 6.07 Å². The van der Waals surface area contributed by atoms with Gasteiger partial charge >= 0.3 is 7.69 Å². The number of aryl methyl sites for hydroxylation is 1. The number of rotatable bonds is 2. The predicted octanol–water partition coefficient (Wildman–Crippen LogP) is 1.68. The van der Waals surface area contributed by atoms with E-state index in [0.29, 0.717) is 7.69 Å². The van der Waals surface area contributed by atoms with E-state index in [4.69, 9.17) is 9.31 Å². The lowest BCUT2D eigenvalue weighted by atomic mass is 10.1. The van der Waals surface area contributed by atoms with E-state index in [-0.39, 0.29) is 0 Å². The Hall–Kier alpha value is -1.12. The van der Waals surface area contributed by atoms with Gasteiger partial charge in [-0.1, -0.05) is 19.4 Å². The molecule has 0 spiro atoms. The molecule has 0 unspecified atom stereocenters. The fraction of sp³-hybridized carbons (Fsp3) is 0.333. The summed E-state index contributed by atoms with van der Waals surface area (Å²) in [6, 6.07) is 6.14. The van der Waals surface area contributed by atoms with E-state index >= 15 is 0 Å². The molecule has 3 heteroatoms. The van der Waals surface area contributed by atoms with Gasteiger partial charge in [0.1, 0.15) is 11.5 Å². The summed E-state index contributed by atoms with van der Waals surface area (Å²) in [6.07, 6.45) is 2.27. The van der Waals surface area contributed by atoms with Gasteiger partial charge in [0, 0.05) is 0 Å². The summed E-state index contributed by atoms with van der Waals surface area (Å²) in [5.74, 6) is 1.76. The third-order valence-electron chi connectivity index (χ3n) is 1.98. The highest BCUT2D eigenvalue weighted by Gasteiger charge is 2.14. The molecule has 0 saturated carbocycles. The molecular formula is C9H11BO2. The van der Waals surface area contributed by atoms with Gasteiger partial charge in [-0.3, -0.25) is 0 Å². The molecule has 0 amide bonds. The molecule has 1 aliphatic rings. The summed E-state index contributed by atoms with van der Waals surface area (Å²) in [6.45, 7) is 2.17. The van der Waals surface area contributed by atoms with Gasteiger partial charge in [-0.2, -0.15) is 0 Å². The van der Waals surface area contributed by atoms with Gasteiger partial charge in [0.25, 0.3) is 0 Å². The summed E-state index contributed by atoms with van der Waals surface area (Å²) >= 11 is 0. The zero-order chi connectivity index (χ0) is 8.39. The van der Waals surface area contributed by atoms with Gasteiger partial charge < -0.3 is 9.31 Å². The minimum absolute atomic E-state index is 0.366. The maximum atomic E-state index is 5.26. The lowest BCUT2D eigenvalue weighted by Gasteiger charge is -2.01. The van der Waals surface area contributed by atoms with Crippen LogP contribution in [-0.2, 0) is 6.42 Å². The zero-order valence-electron chi connectivity index (χ0n) is 7.17. The second-order valence-electron chi connectivity index (χ2n) is 2.94. The Morgan fingerprint density at radius 3 is 2.92 bits per heavy atom. The van der Waals surface area contributed by atoms with Crippen LogP contribution in [0.2, 0.25) is 0 Å². The molecule has 1 aromatic rings.